The lowest BCUT2D eigenvalue weighted by molar-refractivity contribution is 0.569. The number of aromatic nitrogens is 1. The van der Waals surface area contributed by atoms with Crippen molar-refractivity contribution >= 4 is 15.6 Å². The van der Waals surface area contributed by atoms with Gasteiger partial charge in [0.2, 0.25) is 0 Å². The molecule has 0 unspecified atom stereocenters. The van der Waals surface area contributed by atoms with Crippen molar-refractivity contribution in [2.45, 2.75) is 5.03 Å². The van der Waals surface area contributed by atoms with Gasteiger partial charge >= 0.3 is 0 Å². The molecule has 0 aromatic carbocycles. The van der Waals surface area contributed by atoms with Crippen LogP contribution in [0.2, 0.25) is 0 Å². The second-order valence-electron chi connectivity index (χ2n) is 2.68. The monoisotopic (exact) mass is 191 g/mol. The number of carbonyl (C=O) groups excluding carboxylic acids is 1. The van der Waals surface area contributed by atoms with Gasteiger partial charge in [0, 0.05) is 6.20 Å². The summed E-state index contributed by atoms with van der Waals surface area (Å²) in [7, 11) is -1.53. The summed E-state index contributed by atoms with van der Waals surface area (Å²) in [4.78, 5) is 15.2. The van der Waals surface area contributed by atoms with E-state index in [2.05, 4.69) is 4.98 Å². The lowest BCUT2D eigenvalue weighted by Crippen LogP contribution is -1.95. The number of rotatable bonds is 2. The Labute approximate surface area is 78.3 Å². The summed E-state index contributed by atoms with van der Waals surface area (Å²) >= 11 is 0. The standard InChI is InChI=1S/C10H9NOS/c12-9-13(7-3-4-8-13)10-5-1-2-6-11-10/h1-9H. The van der Waals surface area contributed by atoms with Crippen LogP contribution in [-0.2, 0) is 4.79 Å². The molecule has 2 rings (SSSR count). The predicted molar refractivity (Wildman–Crippen MR) is 55.1 cm³/mol. The number of hydrogen-bond donors (Lipinski definition) is 0. The van der Waals surface area contributed by atoms with Gasteiger partial charge in [-0.3, -0.25) is 9.78 Å². The maximum atomic E-state index is 11.0. The highest BCUT2D eigenvalue weighted by Crippen LogP contribution is 2.57. The van der Waals surface area contributed by atoms with Crippen LogP contribution >= 0.6 is 10.0 Å². The van der Waals surface area contributed by atoms with Crippen molar-refractivity contribution in [3.05, 3.63) is 47.4 Å². The Hall–Kier alpha value is -1.35. The topological polar surface area (TPSA) is 30.0 Å². The van der Waals surface area contributed by atoms with Crippen molar-refractivity contribution in [2.24, 2.45) is 0 Å². The average Bonchev–Trinajstić information content (AvgIpc) is 2.69. The van der Waals surface area contributed by atoms with Crippen LogP contribution in [0.15, 0.2) is 52.4 Å². The maximum Gasteiger partial charge on any atom is 0.171 e. The van der Waals surface area contributed by atoms with Crippen LogP contribution in [0.3, 0.4) is 0 Å². The molecule has 0 saturated heterocycles. The molecular weight excluding hydrogens is 182 g/mol. The Kier molecular flexibility index (Phi) is 2.02. The van der Waals surface area contributed by atoms with Crippen molar-refractivity contribution in [2.75, 3.05) is 0 Å². The van der Waals surface area contributed by atoms with E-state index in [4.69, 9.17) is 0 Å². The second-order valence-corrected chi connectivity index (χ2v) is 5.36. The summed E-state index contributed by atoms with van der Waals surface area (Å²) < 4.78 is 0. The van der Waals surface area contributed by atoms with Gasteiger partial charge in [0.1, 0.15) is 0 Å². The molecule has 0 bridgehead atoms. The van der Waals surface area contributed by atoms with Crippen LogP contribution in [0.25, 0.3) is 0 Å². The zero-order valence-electron chi connectivity index (χ0n) is 6.96. The van der Waals surface area contributed by atoms with Gasteiger partial charge in [-0.25, -0.2) is 0 Å². The third-order valence-corrected chi connectivity index (χ3v) is 4.38. The first-order valence-electron chi connectivity index (χ1n) is 3.92. The molecule has 0 aliphatic carbocycles. The summed E-state index contributed by atoms with van der Waals surface area (Å²) in [5.74, 6) is 0. The van der Waals surface area contributed by atoms with Gasteiger partial charge in [0.15, 0.2) is 5.62 Å². The van der Waals surface area contributed by atoms with Gasteiger partial charge < -0.3 is 0 Å². The molecule has 1 aliphatic rings. The molecule has 0 fully saturated rings. The lowest BCUT2D eigenvalue weighted by Gasteiger charge is -2.22. The maximum absolute atomic E-state index is 11.0. The third kappa shape index (κ3) is 1.31. The first kappa shape index (κ1) is 8.26. The SMILES string of the molecule is O=CS1(c2ccccn2)C=CC=C1. The van der Waals surface area contributed by atoms with Crippen molar-refractivity contribution in [3.63, 3.8) is 0 Å². The molecule has 1 aliphatic heterocycles. The van der Waals surface area contributed by atoms with Crippen LogP contribution in [0.5, 0.6) is 0 Å². The average molecular weight is 191 g/mol. The van der Waals surface area contributed by atoms with Gasteiger partial charge in [-0.05, 0) is 22.9 Å². The third-order valence-electron chi connectivity index (χ3n) is 1.88. The molecule has 3 heteroatoms. The molecule has 13 heavy (non-hydrogen) atoms. The van der Waals surface area contributed by atoms with Crippen LogP contribution in [0.4, 0.5) is 0 Å². The minimum absolute atomic E-state index is 0.856. The normalized spacial score (nSPS) is 20.0. The predicted octanol–water partition coefficient (Wildman–Crippen LogP) is 2.48. The molecule has 0 N–H and O–H groups in total. The molecule has 0 amide bonds. The van der Waals surface area contributed by atoms with E-state index >= 15 is 0 Å². The molecule has 0 saturated carbocycles. The first-order chi connectivity index (χ1) is 6.37. The van der Waals surface area contributed by atoms with Crippen molar-refractivity contribution in [3.8, 4) is 0 Å². The fraction of sp³-hybridized carbons (Fsp3) is 0. The largest absolute Gasteiger partial charge is 0.292 e. The molecule has 66 valence electrons. The lowest BCUT2D eigenvalue weighted by atomic mass is 10.5. The number of hydrogen-bond acceptors (Lipinski definition) is 2. The summed E-state index contributed by atoms with van der Waals surface area (Å²) in [6.45, 7) is 0. The molecule has 1 aromatic heterocycles. The van der Waals surface area contributed by atoms with Gasteiger partial charge in [0.05, 0.1) is 5.03 Å². The molecule has 2 nitrogen and oxygen atoms in total. The minimum atomic E-state index is -1.53. The molecule has 0 spiro atoms. The van der Waals surface area contributed by atoms with E-state index in [9.17, 15) is 4.79 Å². The smallest absolute Gasteiger partial charge is 0.171 e. The summed E-state index contributed by atoms with van der Waals surface area (Å²) in [6.07, 6.45) is 5.52. The number of pyridine rings is 1. The van der Waals surface area contributed by atoms with Gasteiger partial charge in [-0.15, -0.1) is 0 Å². The molecule has 1 aromatic rings. The Morgan fingerprint density at radius 3 is 2.54 bits per heavy atom. The number of nitrogens with zero attached hydrogens (tertiary/aromatic N) is 1. The van der Waals surface area contributed by atoms with Crippen molar-refractivity contribution < 1.29 is 4.79 Å². The van der Waals surface area contributed by atoms with Crippen LogP contribution < -0.4 is 0 Å². The van der Waals surface area contributed by atoms with Gasteiger partial charge in [-0.1, -0.05) is 28.2 Å². The molecule has 2 heterocycles. The van der Waals surface area contributed by atoms with Gasteiger partial charge in [-0.2, -0.15) is 0 Å². The number of carbonyl (C=O) groups is 1. The molecule has 0 radical (unpaired) electrons. The number of allylic oxidation sites excluding steroid dienone is 2. The molecule has 0 atom stereocenters. The quantitative estimate of drug-likeness (QED) is 0.672. The van der Waals surface area contributed by atoms with Crippen LogP contribution in [0, 0.1) is 0 Å². The van der Waals surface area contributed by atoms with E-state index in [0.717, 1.165) is 10.6 Å². The first-order valence-corrected chi connectivity index (χ1v) is 5.74. The minimum Gasteiger partial charge on any atom is -0.292 e. The Balaban J connectivity index is 2.50. The zero-order chi connectivity index (χ0) is 9.15. The molecular formula is C10H9NOS. The van der Waals surface area contributed by atoms with E-state index in [0.29, 0.717) is 0 Å². The zero-order valence-corrected chi connectivity index (χ0v) is 7.78. The fourth-order valence-corrected chi connectivity index (χ4v) is 3.06. The van der Waals surface area contributed by atoms with E-state index in [1.165, 1.54) is 0 Å². The van der Waals surface area contributed by atoms with E-state index in [1.54, 1.807) is 6.20 Å². The Morgan fingerprint density at radius 1 is 1.23 bits per heavy atom. The van der Waals surface area contributed by atoms with E-state index < -0.39 is 10.0 Å². The van der Waals surface area contributed by atoms with Crippen LogP contribution in [-0.4, -0.2) is 10.6 Å². The van der Waals surface area contributed by atoms with E-state index in [1.807, 2.05) is 41.2 Å². The summed E-state index contributed by atoms with van der Waals surface area (Å²) in [6, 6.07) is 5.65. The highest BCUT2D eigenvalue weighted by molar-refractivity contribution is 8.48. The highest BCUT2D eigenvalue weighted by Gasteiger charge is 2.22. The Morgan fingerprint density at radius 2 is 2.00 bits per heavy atom. The highest BCUT2D eigenvalue weighted by atomic mass is 32.3. The van der Waals surface area contributed by atoms with E-state index in [-0.39, 0.29) is 0 Å². The van der Waals surface area contributed by atoms with Crippen molar-refractivity contribution in [1.82, 2.24) is 4.98 Å². The summed E-state index contributed by atoms with van der Waals surface area (Å²) in [5.41, 5.74) is 0.995. The van der Waals surface area contributed by atoms with Crippen molar-refractivity contribution in [1.29, 1.82) is 0 Å². The van der Waals surface area contributed by atoms with Crippen LogP contribution in [0.1, 0.15) is 0 Å². The van der Waals surface area contributed by atoms with Gasteiger partial charge in [0.25, 0.3) is 0 Å². The fourth-order valence-electron chi connectivity index (χ4n) is 1.21. The Bertz CT molecular complexity index is 358. The second kappa shape index (κ2) is 3.18. The summed E-state index contributed by atoms with van der Waals surface area (Å²) in [5, 5.41) is 4.72.